The van der Waals surface area contributed by atoms with Gasteiger partial charge in [-0.2, -0.15) is 18.3 Å². The number of nitrogens with zero attached hydrogens (tertiary/aromatic N) is 3. The van der Waals surface area contributed by atoms with Gasteiger partial charge >= 0.3 is 6.18 Å². The van der Waals surface area contributed by atoms with Crippen molar-refractivity contribution in [1.82, 2.24) is 14.7 Å². The van der Waals surface area contributed by atoms with E-state index in [4.69, 9.17) is 4.74 Å². The Morgan fingerprint density at radius 1 is 1.06 bits per heavy atom. The highest BCUT2D eigenvalue weighted by Gasteiger charge is 2.34. The van der Waals surface area contributed by atoms with Crippen molar-refractivity contribution >= 4 is 5.91 Å². The number of para-hydroxylation sites is 1. The molecule has 1 aliphatic heterocycles. The van der Waals surface area contributed by atoms with Crippen LogP contribution in [0.25, 0.3) is 5.69 Å². The molecule has 2 aromatic carbocycles. The second-order valence-electron chi connectivity index (χ2n) is 8.11. The van der Waals surface area contributed by atoms with Crippen LogP contribution in [0.4, 0.5) is 22.0 Å². The summed E-state index contributed by atoms with van der Waals surface area (Å²) in [6, 6.07) is 8.77. The van der Waals surface area contributed by atoms with E-state index in [0.717, 1.165) is 22.9 Å². The molecule has 0 unspecified atom stereocenters. The van der Waals surface area contributed by atoms with Crippen molar-refractivity contribution in [2.24, 2.45) is 0 Å². The van der Waals surface area contributed by atoms with E-state index < -0.39 is 46.5 Å². The molecule has 0 aliphatic carbocycles. The molecule has 184 valence electrons. The molecule has 6 nitrogen and oxygen atoms in total. The average molecular weight is 493 g/mol. The summed E-state index contributed by atoms with van der Waals surface area (Å²) in [7, 11) is 0. The molecule has 1 aromatic heterocycles. The highest BCUT2D eigenvalue weighted by molar-refractivity contribution is 5.92. The van der Waals surface area contributed by atoms with Gasteiger partial charge in [0, 0.05) is 43.8 Å². The SMILES string of the molecule is Cc1cc(=O)c(C(=O)N2CCC(Oc3ccc(F)cc3F)CC2)nn1-c1ccccc1C(F)(F)F. The molecule has 11 heteroatoms. The normalized spacial score (nSPS) is 14.7. The van der Waals surface area contributed by atoms with Crippen molar-refractivity contribution in [3.8, 4) is 11.4 Å². The fraction of sp³-hybridized carbons (Fsp3) is 0.292. The minimum atomic E-state index is -4.66. The van der Waals surface area contributed by atoms with Crippen LogP contribution in [0.15, 0.2) is 53.3 Å². The minimum Gasteiger partial charge on any atom is -0.487 e. The summed E-state index contributed by atoms with van der Waals surface area (Å²) in [5, 5.41) is 3.99. The number of aromatic nitrogens is 2. The Balaban J connectivity index is 1.54. The maximum absolute atomic E-state index is 13.8. The predicted octanol–water partition coefficient (Wildman–Crippen LogP) is 4.52. The second-order valence-corrected chi connectivity index (χ2v) is 8.11. The number of piperidine rings is 1. The van der Waals surface area contributed by atoms with Crippen LogP contribution in [0.5, 0.6) is 5.75 Å². The highest BCUT2D eigenvalue weighted by atomic mass is 19.4. The second kappa shape index (κ2) is 9.47. The molecule has 1 amide bonds. The standard InChI is InChI=1S/C24H20F5N3O3/c1-14-12-20(33)22(30-32(14)19-5-3-2-4-17(19)24(27,28)29)23(34)31-10-8-16(9-11-31)35-21-7-6-15(25)13-18(21)26/h2-7,12-13,16H,8-11H2,1H3. The first-order valence-electron chi connectivity index (χ1n) is 10.7. The number of amides is 1. The molecule has 1 saturated heterocycles. The van der Waals surface area contributed by atoms with Crippen molar-refractivity contribution in [2.45, 2.75) is 32.0 Å². The molecule has 0 N–H and O–H groups in total. The third-order valence-electron chi connectivity index (χ3n) is 5.66. The Morgan fingerprint density at radius 2 is 1.74 bits per heavy atom. The summed E-state index contributed by atoms with van der Waals surface area (Å²) in [5.41, 5.74) is -2.34. The number of alkyl halides is 3. The number of rotatable bonds is 4. The summed E-state index contributed by atoms with van der Waals surface area (Å²) < 4.78 is 73.9. The van der Waals surface area contributed by atoms with Crippen LogP contribution in [0.1, 0.15) is 34.6 Å². The molecule has 0 saturated carbocycles. The van der Waals surface area contributed by atoms with Gasteiger partial charge in [0.25, 0.3) is 5.91 Å². The zero-order valence-corrected chi connectivity index (χ0v) is 18.5. The number of aryl methyl sites for hydroxylation is 1. The molecular formula is C24H20F5N3O3. The third kappa shape index (κ3) is 5.18. The van der Waals surface area contributed by atoms with E-state index in [0.29, 0.717) is 18.9 Å². The van der Waals surface area contributed by atoms with Gasteiger partial charge in [-0.1, -0.05) is 12.1 Å². The lowest BCUT2D eigenvalue weighted by Crippen LogP contribution is -2.44. The van der Waals surface area contributed by atoms with Crippen molar-refractivity contribution in [3.63, 3.8) is 0 Å². The van der Waals surface area contributed by atoms with Gasteiger partial charge in [0.1, 0.15) is 11.9 Å². The summed E-state index contributed by atoms with van der Waals surface area (Å²) in [4.78, 5) is 26.9. The van der Waals surface area contributed by atoms with Crippen LogP contribution < -0.4 is 10.2 Å². The number of halogens is 5. The Kier molecular flexibility index (Phi) is 6.60. The highest BCUT2D eigenvalue weighted by Crippen LogP contribution is 2.33. The van der Waals surface area contributed by atoms with Crippen molar-refractivity contribution in [1.29, 1.82) is 0 Å². The molecule has 4 rings (SSSR count). The number of benzene rings is 2. The Morgan fingerprint density at radius 3 is 2.40 bits per heavy atom. The lowest BCUT2D eigenvalue weighted by molar-refractivity contribution is -0.137. The van der Waals surface area contributed by atoms with Crippen LogP contribution in [0.3, 0.4) is 0 Å². The fourth-order valence-electron chi connectivity index (χ4n) is 3.91. The van der Waals surface area contributed by atoms with E-state index in [-0.39, 0.29) is 30.2 Å². The van der Waals surface area contributed by atoms with Crippen LogP contribution >= 0.6 is 0 Å². The maximum atomic E-state index is 13.8. The first-order valence-corrected chi connectivity index (χ1v) is 10.7. The first-order chi connectivity index (χ1) is 16.5. The molecule has 0 atom stereocenters. The molecule has 1 fully saturated rings. The van der Waals surface area contributed by atoms with Gasteiger partial charge in [-0.3, -0.25) is 9.59 Å². The lowest BCUT2D eigenvalue weighted by atomic mass is 10.1. The fourth-order valence-corrected chi connectivity index (χ4v) is 3.91. The molecule has 1 aliphatic rings. The summed E-state index contributed by atoms with van der Waals surface area (Å²) in [5.74, 6) is -2.40. The molecule has 3 aromatic rings. The molecule has 0 bridgehead atoms. The minimum absolute atomic E-state index is 0.109. The van der Waals surface area contributed by atoms with E-state index >= 15 is 0 Å². The molecule has 35 heavy (non-hydrogen) atoms. The van der Waals surface area contributed by atoms with Gasteiger partial charge in [0.15, 0.2) is 17.3 Å². The van der Waals surface area contributed by atoms with Gasteiger partial charge in [0.05, 0.1) is 11.3 Å². The smallest absolute Gasteiger partial charge is 0.418 e. The van der Waals surface area contributed by atoms with Crippen LogP contribution in [0, 0.1) is 18.6 Å². The number of ether oxygens (including phenoxy) is 1. The largest absolute Gasteiger partial charge is 0.487 e. The van der Waals surface area contributed by atoms with Crippen molar-refractivity contribution < 1.29 is 31.5 Å². The van der Waals surface area contributed by atoms with E-state index in [1.165, 1.54) is 36.1 Å². The van der Waals surface area contributed by atoms with E-state index in [1.54, 1.807) is 0 Å². The van der Waals surface area contributed by atoms with E-state index in [2.05, 4.69) is 5.10 Å². The van der Waals surface area contributed by atoms with Gasteiger partial charge in [0.2, 0.25) is 5.43 Å². The Bertz CT molecular complexity index is 1310. The number of carbonyl (C=O) groups is 1. The number of hydrogen-bond donors (Lipinski definition) is 0. The topological polar surface area (TPSA) is 64.4 Å². The van der Waals surface area contributed by atoms with Crippen LogP contribution in [-0.4, -0.2) is 39.8 Å². The summed E-state index contributed by atoms with van der Waals surface area (Å²) in [6.07, 6.45) is -4.50. The number of likely N-dealkylation sites (tertiary alicyclic amines) is 1. The number of hydrogen-bond acceptors (Lipinski definition) is 4. The van der Waals surface area contributed by atoms with Gasteiger partial charge in [-0.15, -0.1) is 0 Å². The molecule has 2 heterocycles. The third-order valence-corrected chi connectivity index (χ3v) is 5.66. The number of carbonyl (C=O) groups excluding carboxylic acids is 1. The predicted molar refractivity (Wildman–Crippen MR) is 115 cm³/mol. The van der Waals surface area contributed by atoms with Gasteiger partial charge in [-0.25, -0.2) is 13.5 Å². The van der Waals surface area contributed by atoms with E-state index in [1.807, 2.05) is 0 Å². The van der Waals surface area contributed by atoms with Crippen molar-refractivity contribution in [3.05, 3.63) is 87.3 Å². The first kappa shape index (κ1) is 24.4. The average Bonchev–Trinajstić information content (AvgIpc) is 2.80. The summed E-state index contributed by atoms with van der Waals surface area (Å²) >= 11 is 0. The monoisotopic (exact) mass is 493 g/mol. The van der Waals surface area contributed by atoms with E-state index in [9.17, 15) is 31.5 Å². The maximum Gasteiger partial charge on any atom is 0.418 e. The van der Waals surface area contributed by atoms with Gasteiger partial charge < -0.3 is 9.64 Å². The Hall–Kier alpha value is -3.76. The molecular weight excluding hydrogens is 473 g/mol. The molecule has 0 radical (unpaired) electrons. The molecule has 0 spiro atoms. The zero-order valence-electron chi connectivity index (χ0n) is 18.5. The van der Waals surface area contributed by atoms with Crippen LogP contribution in [-0.2, 0) is 6.18 Å². The van der Waals surface area contributed by atoms with Crippen LogP contribution in [0.2, 0.25) is 0 Å². The lowest BCUT2D eigenvalue weighted by Gasteiger charge is -2.32. The van der Waals surface area contributed by atoms with Gasteiger partial charge in [-0.05, 0) is 31.2 Å². The van der Waals surface area contributed by atoms with Crippen molar-refractivity contribution in [2.75, 3.05) is 13.1 Å². The zero-order chi connectivity index (χ0) is 25.3. The summed E-state index contributed by atoms with van der Waals surface area (Å²) in [6.45, 7) is 1.73. The Labute approximate surface area is 196 Å². The quantitative estimate of drug-likeness (QED) is 0.502.